The number of aryl methyl sites for hydroxylation is 1. The van der Waals surface area contributed by atoms with Crippen LogP contribution in [0.4, 0.5) is 24.7 Å². The third-order valence-corrected chi connectivity index (χ3v) is 4.00. The maximum atomic E-state index is 13.6. The van der Waals surface area contributed by atoms with Gasteiger partial charge >= 0.3 is 6.18 Å². The third-order valence-electron chi connectivity index (χ3n) is 3.72. The number of aliphatic imine (C=N–C) groups is 1. The lowest BCUT2D eigenvalue weighted by molar-refractivity contribution is -0.113. The molecule has 0 saturated heterocycles. The van der Waals surface area contributed by atoms with E-state index >= 15 is 0 Å². The van der Waals surface area contributed by atoms with Crippen molar-refractivity contribution < 1.29 is 18.0 Å². The molecule has 0 aliphatic heterocycles. The predicted octanol–water partition coefficient (Wildman–Crippen LogP) is 3.14. The molecule has 0 bridgehead atoms. The van der Waals surface area contributed by atoms with Crippen LogP contribution in [0.25, 0.3) is 5.82 Å². The number of carbonyl (C=O) groups excluding carboxylic acids is 1. The van der Waals surface area contributed by atoms with E-state index in [0.717, 1.165) is 4.80 Å². The van der Waals surface area contributed by atoms with Crippen LogP contribution in [-0.4, -0.2) is 42.8 Å². The summed E-state index contributed by atoms with van der Waals surface area (Å²) >= 11 is 6.11. The molecule has 0 saturated carbocycles. The SMILES string of the molecule is Cc1cccc(N=C(C(=CN)C(=O)Nc2cnc(-n3nccn3)c(Cl)c2)C(F)(F)F)n1. The Morgan fingerprint density at radius 3 is 2.58 bits per heavy atom. The number of anilines is 1. The lowest BCUT2D eigenvalue weighted by Crippen LogP contribution is -2.32. The molecule has 0 unspecified atom stereocenters. The average molecular weight is 451 g/mol. The van der Waals surface area contributed by atoms with Crippen molar-refractivity contribution >= 4 is 34.7 Å². The van der Waals surface area contributed by atoms with Crippen LogP contribution in [0.15, 0.2) is 59.6 Å². The number of pyridine rings is 2. The number of hydrogen-bond donors (Lipinski definition) is 2. The molecule has 0 aliphatic rings. The zero-order chi connectivity index (χ0) is 22.6. The first kappa shape index (κ1) is 21.9. The Morgan fingerprint density at radius 2 is 2.00 bits per heavy atom. The van der Waals surface area contributed by atoms with E-state index in [0.29, 0.717) is 11.9 Å². The largest absolute Gasteiger partial charge is 0.434 e. The second kappa shape index (κ2) is 8.92. The molecule has 9 nitrogen and oxygen atoms in total. The summed E-state index contributed by atoms with van der Waals surface area (Å²) in [6.45, 7) is 1.60. The van der Waals surface area contributed by atoms with Crippen LogP contribution >= 0.6 is 11.6 Å². The van der Waals surface area contributed by atoms with Crippen molar-refractivity contribution in [2.75, 3.05) is 5.32 Å². The van der Waals surface area contributed by atoms with Gasteiger partial charge in [-0.2, -0.15) is 23.4 Å². The molecular weight excluding hydrogens is 437 g/mol. The van der Waals surface area contributed by atoms with Gasteiger partial charge < -0.3 is 11.1 Å². The number of nitrogens with one attached hydrogen (secondary N) is 1. The van der Waals surface area contributed by atoms with Gasteiger partial charge in [-0.05, 0) is 25.1 Å². The zero-order valence-electron chi connectivity index (χ0n) is 15.8. The summed E-state index contributed by atoms with van der Waals surface area (Å²) in [6, 6.07) is 5.64. The standard InChI is InChI=1S/C18H14ClF3N8O/c1-10-3-2-4-14(27-10)29-15(18(20,21)22)12(8-23)17(31)28-11-7-13(19)16(24-9-11)30-25-5-6-26-30/h2-9H,23H2,1H3,(H,28,31). The molecule has 3 aromatic rings. The maximum Gasteiger partial charge on any atom is 0.434 e. The Hall–Kier alpha value is -3.80. The van der Waals surface area contributed by atoms with Crippen molar-refractivity contribution in [2.24, 2.45) is 10.7 Å². The van der Waals surface area contributed by atoms with Gasteiger partial charge in [-0.1, -0.05) is 17.7 Å². The first-order valence-corrected chi connectivity index (χ1v) is 8.92. The minimum absolute atomic E-state index is 0.0282. The third kappa shape index (κ3) is 5.22. The minimum Gasteiger partial charge on any atom is -0.404 e. The quantitative estimate of drug-likeness (QED) is 0.454. The van der Waals surface area contributed by atoms with Crippen molar-refractivity contribution in [3.8, 4) is 5.82 Å². The van der Waals surface area contributed by atoms with Gasteiger partial charge in [-0.3, -0.25) is 4.79 Å². The molecule has 0 fully saturated rings. The molecule has 31 heavy (non-hydrogen) atoms. The Kier molecular flexibility index (Phi) is 6.30. The maximum absolute atomic E-state index is 13.6. The Labute approximate surface area is 178 Å². The van der Waals surface area contributed by atoms with E-state index in [1.807, 2.05) is 0 Å². The molecular formula is C18H14ClF3N8O. The van der Waals surface area contributed by atoms with Gasteiger partial charge in [0.2, 0.25) is 0 Å². The molecule has 1 amide bonds. The summed E-state index contributed by atoms with van der Waals surface area (Å²) in [6.07, 6.45) is -0.447. The van der Waals surface area contributed by atoms with Gasteiger partial charge in [0, 0.05) is 11.9 Å². The van der Waals surface area contributed by atoms with Crippen molar-refractivity contribution in [3.05, 3.63) is 65.3 Å². The van der Waals surface area contributed by atoms with Crippen LogP contribution < -0.4 is 11.1 Å². The molecule has 160 valence electrons. The monoisotopic (exact) mass is 450 g/mol. The fraction of sp³-hybridized carbons (Fsp3) is 0.111. The van der Waals surface area contributed by atoms with Gasteiger partial charge in [0.25, 0.3) is 5.91 Å². The highest BCUT2D eigenvalue weighted by molar-refractivity contribution is 6.32. The zero-order valence-corrected chi connectivity index (χ0v) is 16.6. The Morgan fingerprint density at radius 1 is 1.29 bits per heavy atom. The Balaban J connectivity index is 1.90. The van der Waals surface area contributed by atoms with E-state index in [4.69, 9.17) is 17.3 Å². The predicted molar refractivity (Wildman–Crippen MR) is 107 cm³/mol. The number of carbonyl (C=O) groups is 1. The minimum atomic E-state index is -4.97. The molecule has 3 aromatic heterocycles. The van der Waals surface area contributed by atoms with Crippen LogP contribution in [0.5, 0.6) is 0 Å². The molecule has 0 aromatic carbocycles. The second-order valence-corrected chi connectivity index (χ2v) is 6.38. The van der Waals surface area contributed by atoms with Gasteiger partial charge in [-0.15, -0.1) is 4.80 Å². The van der Waals surface area contributed by atoms with E-state index in [9.17, 15) is 18.0 Å². The fourth-order valence-corrected chi connectivity index (χ4v) is 2.66. The van der Waals surface area contributed by atoms with Crippen LogP contribution in [0, 0.1) is 6.92 Å². The number of halogens is 4. The molecule has 3 rings (SSSR count). The first-order valence-electron chi connectivity index (χ1n) is 8.54. The van der Waals surface area contributed by atoms with Gasteiger partial charge in [0.05, 0.1) is 34.9 Å². The summed E-state index contributed by atoms with van der Waals surface area (Å²) in [5, 5.41) is 10.1. The van der Waals surface area contributed by atoms with Crippen molar-refractivity contribution in [3.63, 3.8) is 0 Å². The molecule has 0 aliphatic carbocycles. The summed E-state index contributed by atoms with van der Waals surface area (Å²) in [5.74, 6) is -1.21. The fourth-order valence-electron chi connectivity index (χ4n) is 2.41. The van der Waals surface area contributed by atoms with E-state index in [-0.39, 0.29) is 22.3 Å². The van der Waals surface area contributed by atoms with Crippen molar-refractivity contribution in [1.82, 2.24) is 25.0 Å². The number of aromatic nitrogens is 5. The average Bonchev–Trinajstić information content (AvgIpc) is 3.21. The number of hydrogen-bond acceptors (Lipinski definition) is 7. The van der Waals surface area contributed by atoms with E-state index in [1.165, 1.54) is 36.8 Å². The second-order valence-electron chi connectivity index (χ2n) is 5.98. The van der Waals surface area contributed by atoms with Gasteiger partial charge in [0.1, 0.15) is 0 Å². The van der Waals surface area contributed by atoms with E-state index in [2.05, 4.69) is 30.5 Å². The number of rotatable bonds is 5. The summed E-state index contributed by atoms with van der Waals surface area (Å²) in [4.78, 5) is 25.1. The van der Waals surface area contributed by atoms with Gasteiger partial charge in [0.15, 0.2) is 17.3 Å². The van der Waals surface area contributed by atoms with E-state index in [1.54, 1.807) is 13.0 Å². The number of nitrogens with zero attached hydrogens (tertiary/aromatic N) is 6. The normalized spacial score (nSPS) is 12.7. The summed E-state index contributed by atoms with van der Waals surface area (Å²) in [7, 11) is 0. The lowest BCUT2D eigenvalue weighted by Gasteiger charge is -2.14. The van der Waals surface area contributed by atoms with Crippen LogP contribution in [0.1, 0.15) is 5.69 Å². The summed E-state index contributed by atoms with van der Waals surface area (Å²) in [5.41, 5.74) is 3.43. The Bertz CT molecular complexity index is 1160. The molecule has 13 heteroatoms. The summed E-state index contributed by atoms with van der Waals surface area (Å²) < 4.78 is 40.9. The molecule has 3 heterocycles. The smallest absolute Gasteiger partial charge is 0.404 e. The lowest BCUT2D eigenvalue weighted by atomic mass is 10.1. The number of nitrogens with two attached hydrogens (primary N) is 1. The number of amides is 1. The van der Waals surface area contributed by atoms with Crippen LogP contribution in [0.3, 0.4) is 0 Å². The van der Waals surface area contributed by atoms with Crippen molar-refractivity contribution in [2.45, 2.75) is 13.1 Å². The van der Waals surface area contributed by atoms with Crippen LogP contribution in [0.2, 0.25) is 5.02 Å². The van der Waals surface area contributed by atoms with Crippen LogP contribution in [-0.2, 0) is 4.79 Å². The molecule has 0 spiro atoms. The molecule has 0 atom stereocenters. The topological polar surface area (TPSA) is 124 Å². The molecule has 0 radical (unpaired) electrons. The van der Waals surface area contributed by atoms with Gasteiger partial charge in [-0.25, -0.2) is 15.0 Å². The van der Waals surface area contributed by atoms with E-state index < -0.39 is 23.4 Å². The highest BCUT2D eigenvalue weighted by Gasteiger charge is 2.40. The van der Waals surface area contributed by atoms with Crippen molar-refractivity contribution in [1.29, 1.82) is 0 Å². The highest BCUT2D eigenvalue weighted by Crippen LogP contribution is 2.27. The first-order chi connectivity index (χ1) is 14.7. The number of alkyl halides is 3. The highest BCUT2D eigenvalue weighted by atomic mass is 35.5. The molecule has 3 N–H and O–H groups in total.